The maximum Gasteiger partial charge on any atom is 0.269 e. The number of hydrogen-bond donors (Lipinski definition) is 1. The van der Waals surface area contributed by atoms with E-state index in [0.29, 0.717) is 31.7 Å². The van der Waals surface area contributed by atoms with Gasteiger partial charge < -0.3 is 5.32 Å². The zero-order chi connectivity index (χ0) is 16.2. The van der Waals surface area contributed by atoms with Gasteiger partial charge in [0.25, 0.3) is 11.6 Å². The molecule has 1 saturated heterocycles. The molecular formula is C13H17N3O5S. The lowest BCUT2D eigenvalue weighted by Gasteiger charge is -2.26. The van der Waals surface area contributed by atoms with E-state index < -0.39 is 14.8 Å². The van der Waals surface area contributed by atoms with Gasteiger partial charge >= 0.3 is 0 Å². The first kappa shape index (κ1) is 16.4. The molecule has 0 spiro atoms. The summed E-state index contributed by atoms with van der Waals surface area (Å²) in [5.74, 6) is 0.00611. The van der Waals surface area contributed by atoms with Gasteiger partial charge in [0.2, 0.25) is 0 Å². The van der Waals surface area contributed by atoms with Crippen molar-refractivity contribution in [3.8, 4) is 0 Å². The molecular weight excluding hydrogens is 310 g/mol. The van der Waals surface area contributed by atoms with Crippen LogP contribution >= 0.6 is 0 Å². The minimum atomic E-state index is -2.90. The second-order valence-electron chi connectivity index (χ2n) is 5.05. The lowest BCUT2D eigenvalue weighted by Crippen LogP contribution is -2.43. The number of carbonyl (C=O) groups is 1. The van der Waals surface area contributed by atoms with Crippen LogP contribution < -0.4 is 5.32 Å². The quantitative estimate of drug-likeness (QED) is 0.605. The van der Waals surface area contributed by atoms with Gasteiger partial charge in [0.15, 0.2) is 9.84 Å². The van der Waals surface area contributed by atoms with Crippen molar-refractivity contribution in [3.63, 3.8) is 0 Å². The van der Waals surface area contributed by atoms with Gasteiger partial charge in [-0.3, -0.25) is 19.8 Å². The van der Waals surface area contributed by atoms with Gasteiger partial charge in [-0.05, 0) is 12.1 Å². The molecule has 1 heterocycles. The average molecular weight is 327 g/mol. The third-order valence-corrected chi connectivity index (χ3v) is 5.10. The summed E-state index contributed by atoms with van der Waals surface area (Å²) in [4.78, 5) is 23.9. The van der Waals surface area contributed by atoms with Crippen molar-refractivity contribution in [1.29, 1.82) is 0 Å². The van der Waals surface area contributed by atoms with Crippen LogP contribution in [0.2, 0.25) is 0 Å². The summed E-state index contributed by atoms with van der Waals surface area (Å²) in [5.41, 5.74) is 0.290. The number of nitrogens with one attached hydrogen (secondary N) is 1. The summed E-state index contributed by atoms with van der Waals surface area (Å²) in [6, 6.07) is 5.37. The number of sulfone groups is 1. The summed E-state index contributed by atoms with van der Waals surface area (Å²) in [5, 5.41) is 13.2. The number of benzene rings is 1. The van der Waals surface area contributed by atoms with Crippen LogP contribution in [0.1, 0.15) is 10.4 Å². The highest BCUT2D eigenvalue weighted by Gasteiger charge is 2.21. The molecule has 22 heavy (non-hydrogen) atoms. The first-order valence-electron chi connectivity index (χ1n) is 6.83. The van der Waals surface area contributed by atoms with Crippen molar-refractivity contribution < 1.29 is 18.1 Å². The van der Waals surface area contributed by atoms with Gasteiger partial charge in [0, 0.05) is 43.9 Å². The molecule has 1 aromatic carbocycles. The van der Waals surface area contributed by atoms with E-state index in [0.717, 1.165) is 0 Å². The highest BCUT2D eigenvalue weighted by molar-refractivity contribution is 7.91. The van der Waals surface area contributed by atoms with Gasteiger partial charge in [-0.15, -0.1) is 0 Å². The smallest absolute Gasteiger partial charge is 0.269 e. The van der Waals surface area contributed by atoms with Crippen LogP contribution in [-0.2, 0) is 9.84 Å². The van der Waals surface area contributed by atoms with Crippen LogP contribution in [0.3, 0.4) is 0 Å². The normalized spacial score (nSPS) is 17.8. The highest BCUT2D eigenvalue weighted by Crippen LogP contribution is 2.11. The Hall–Kier alpha value is -2.00. The van der Waals surface area contributed by atoms with Crippen LogP contribution in [0.4, 0.5) is 5.69 Å². The Bertz CT molecular complexity index is 643. The van der Waals surface area contributed by atoms with Crippen molar-refractivity contribution in [1.82, 2.24) is 10.2 Å². The van der Waals surface area contributed by atoms with Crippen molar-refractivity contribution in [2.45, 2.75) is 0 Å². The summed E-state index contributed by atoms with van der Waals surface area (Å²) in [6.45, 7) is 1.94. The number of nitro groups is 1. The maximum absolute atomic E-state index is 11.9. The molecule has 0 aromatic heterocycles. The Morgan fingerprint density at radius 3 is 2.36 bits per heavy atom. The topological polar surface area (TPSA) is 110 Å². The molecule has 0 atom stereocenters. The van der Waals surface area contributed by atoms with E-state index in [4.69, 9.17) is 0 Å². The van der Waals surface area contributed by atoms with E-state index in [1.54, 1.807) is 0 Å². The molecule has 0 bridgehead atoms. The second kappa shape index (κ2) is 6.84. The summed E-state index contributed by atoms with van der Waals surface area (Å²) < 4.78 is 22.6. The molecule has 0 unspecified atom stereocenters. The van der Waals surface area contributed by atoms with Crippen molar-refractivity contribution in [2.75, 3.05) is 37.7 Å². The van der Waals surface area contributed by atoms with Crippen molar-refractivity contribution in [2.24, 2.45) is 0 Å². The number of amides is 1. The predicted octanol–water partition coefficient (Wildman–Crippen LogP) is 0.0550. The van der Waals surface area contributed by atoms with E-state index in [2.05, 4.69) is 5.32 Å². The molecule has 0 saturated carbocycles. The summed E-state index contributed by atoms with van der Waals surface area (Å²) >= 11 is 0. The number of hydrogen-bond acceptors (Lipinski definition) is 6. The first-order valence-corrected chi connectivity index (χ1v) is 8.65. The Morgan fingerprint density at radius 2 is 1.82 bits per heavy atom. The molecule has 1 fully saturated rings. The molecule has 1 aliphatic rings. The molecule has 0 aliphatic carbocycles. The number of nitro benzene ring substituents is 1. The van der Waals surface area contributed by atoms with Crippen molar-refractivity contribution >= 4 is 21.4 Å². The molecule has 1 aliphatic heterocycles. The van der Waals surface area contributed by atoms with Crippen LogP contribution in [0.15, 0.2) is 24.3 Å². The van der Waals surface area contributed by atoms with Crippen LogP contribution in [0.25, 0.3) is 0 Å². The highest BCUT2D eigenvalue weighted by atomic mass is 32.2. The SMILES string of the molecule is O=C(NCCN1CCS(=O)(=O)CC1)c1ccc([N+](=O)[O-])cc1. The Kier molecular flexibility index (Phi) is 5.09. The third-order valence-electron chi connectivity index (χ3n) is 3.49. The molecule has 0 radical (unpaired) electrons. The fourth-order valence-corrected chi connectivity index (χ4v) is 3.41. The third kappa shape index (κ3) is 4.50. The summed E-state index contributed by atoms with van der Waals surface area (Å²) in [6.07, 6.45) is 0. The average Bonchev–Trinajstić information content (AvgIpc) is 2.49. The van der Waals surface area contributed by atoms with Crippen LogP contribution in [-0.4, -0.2) is 61.8 Å². The molecule has 1 amide bonds. The standard InChI is InChI=1S/C13H17N3O5S/c17-13(11-1-3-12(4-2-11)16(18)19)14-5-6-15-7-9-22(20,21)10-8-15/h1-4H,5-10H2,(H,14,17). The fourth-order valence-electron chi connectivity index (χ4n) is 2.14. The zero-order valence-electron chi connectivity index (χ0n) is 11.9. The van der Waals surface area contributed by atoms with Crippen LogP contribution in [0, 0.1) is 10.1 Å². The lowest BCUT2D eigenvalue weighted by atomic mass is 10.2. The number of carbonyl (C=O) groups excluding carboxylic acids is 1. The van der Waals surface area contributed by atoms with E-state index in [1.165, 1.54) is 24.3 Å². The zero-order valence-corrected chi connectivity index (χ0v) is 12.7. The molecule has 2 rings (SSSR count). The minimum absolute atomic E-state index is 0.0638. The summed E-state index contributed by atoms with van der Waals surface area (Å²) in [7, 11) is -2.90. The van der Waals surface area contributed by atoms with Gasteiger partial charge in [0.1, 0.15) is 0 Å². The monoisotopic (exact) mass is 327 g/mol. The maximum atomic E-state index is 11.9. The predicted molar refractivity (Wildman–Crippen MR) is 80.5 cm³/mol. The number of non-ortho nitro benzene ring substituents is 1. The molecule has 1 N–H and O–H groups in total. The van der Waals surface area contributed by atoms with Gasteiger partial charge in [-0.25, -0.2) is 8.42 Å². The van der Waals surface area contributed by atoms with E-state index in [1.807, 2.05) is 4.90 Å². The largest absolute Gasteiger partial charge is 0.351 e. The van der Waals surface area contributed by atoms with Gasteiger partial charge in [-0.2, -0.15) is 0 Å². The van der Waals surface area contributed by atoms with Gasteiger partial charge in [-0.1, -0.05) is 0 Å². The van der Waals surface area contributed by atoms with Crippen molar-refractivity contribution in [3.05, 3.63) is 39.9 Å². The number of rotatable bonds is 5. The van der Waals surface area contributed by atoms with E-state index in [9.17, 15) is 23.3 Å². The Balaban J connectivity index is 1.77. The Morgan fingerprint density at radius 1 is 1.23 bits per heavy atom. The molecule has 8 nitrogen and oxygen atoms in total. The molecule has 120 valence electrons. The number of nitrogens with zero attached hydrogens (tertiary/aromatic N) is 2. The minimum Gasteiger partial charge on any atom is -0.351 e. The second-order valence-corrected chi connectivity index (χ2v) is 7.36. The fraction of sp³-hybridized carbons (Fsp3) is 0.462. The molecule has 1 aromatic rings. The van der Waals surface area contributed by atoms with Crippen LogP contribution in [0.5, 0.6) is 0 Å². The Labute approximate surface area is 128 Å². The lowest BCUT2D eigenvalue weighted by molar-refractivity contribution is -0.384. The van der Waals surface area contributed by atoms with E-state index >= 15 is 0 Å². The molecule has 9 heteroatoms. The van der Waals surface area contributed by atoms with E-state index in [-0.39, 0.29) is 23.1 Å². The first-order chi connectivity index (χ1) is 10.4. The van der Waals surface area contributed by atoms with Gasteiger partial charge in [0.05, 0.1) is 16.4 Å².